The van der Waals surface area contributed by atoms with Gasteiger partial charge in [0.05, 0.1) is 4.92 Å². The molecule has 14 heavy (non-hydrogen) atoms. The quantitative estimate of drug-likeness (QED) is 0.584. The topological polar surface area (TPSA) is 69.2 Å². The van der Waals surface area contributed by atoms with E-state index in [1.54, 1.807) is 12.1 Å². The number of hydrogen-bond acceptors (Lipinski definition) is 3. The first-order chi connectivity index (χ1) is 6.61. The summed E-state index contributed by atoms with van der Waals surface area (Å²) in [5.74, 6) is 0. The van der Waals surface area contributed by atoms with E-state index in [4.69, 9.17) is 5.73 Å². The molecular formula is C10H12N2O2. The van der Waals surface area contributed by atoms with Crippen LogP contribution in [0, 0.1) is 10.1 Å². The normalized spacial score (nSPS) is 17.8. The van der Waals surface area contributed by atoms with Crippen LogP contribution in [0.2, 0.25) is 0 Å². The Balaban J connectivity index is 2.27. The minimum atomic E-state index is -0.346. The smallest absolute Gasteiger partial charge is 0.272 e. The first-order valence-corrected chi connectivity index (χ1v) is 4.62. The van der Waals surface area contributed by atoms with Crippen LogP contribution < -0.4 is 5.73 Å². The molecule has 2 N–H and O–H groups in total. The lowest BCUT2D eigenvalue weighted by molar-refractivity contribution is -0.385. The van der Waals surface area contributed by atoms with Crippen LogP contribution in [0.4, 0.5) is 5.69 Å². The van der Waals surface area contributed by atoms with E-state index in [2.05, 4.69) is 0 Å². The summed E-state index contributed by atoms with van der Waals surface area (Å²) in [5, 5.41) is 10.7. The van der Waals surface area contributed by atoms with Crippen LogP contribution in [0.1, 0.15) is 18.4 Å². The number of nitro benzene ring substituents is 1. The van der Waals surface area contributed by atoms with Crippen molar-refractivity contribution in [1.82, 2.24) is 0 Å². The van der Waals surface area contributed by atoms with Crippen molar-refractivity contribution in [3.8, 4) is 0 Å². The van der Waals surface area contributed by atoms with Crippen LogP contribution in [-0.2, 0) is 6.42 Å². The summed E-state index contributed by atoms with van der Waals surface area (Å²) in [4.78, 5) is 10.3. The van der Waals surface area contributed by atoms with Gasteiger partial charge in [-0.2, -0.15) is 0 Å². The van der Waals surface area contributed by atoms with Crippen molar-refractivity contribution in [1.29, 1.82) is 0 Å². The molecule has 2 rings (SSSR count). The Bertz CT molecular complexity index is 372. The fourth-order valence-corrected chi connectivity index (χ4v) is 1.56. The van der Waals surface area contributed by atoms with Crippen LogP contribution in [-0.4, -0.2) is 10.5 Å². The van der Waals surface area contributed by atoms with Gasteiger partial charge < -0.3 is 5.73 Å². The zero-order chi connectivity index (χ0) is 10.2. The number of nitrogens with zero attached hydrogens (tertiary/aromatic N) is 1. The number of benzene rings is 1. The lowest BCUT2D eigenvalue weighted by Gasteiger charge is -2.08. The van der Waals surface area contributed by atoms with E-state index in [9.17, 15) is 10.1 Å². The maximum Gasteiger partial charge on any atom is 0.272 e. The summed E-state index contributed by atoms with van der Waals surface area (Å²) in [6, 6.07) is 6.80. The summed E-state index contributed by atoms with van der Waals surface area (Å²) in [7, 11) is 0. The van der Waals surface area contributed by atoms with Crippen molar-refractivity contribution >= 4 is 5.69 Å². The summed E-state index contributed by atoms with van der Waals surface area (Å²) in [6.07, 6.45) is 2.56. The Morgan fingerprint density at radius 3 is 2.64 bits per heavy atom. The predicted octanol–water partition coefficient (Wildman–Crippen LogP) is 1.63. The number of para-hydroxylation sites is 1. The zero-order valence-corrected chi connectivity index (χ0v) is 7.77. The van der Waals surface area contributed by atoms with E-state index in [1.165, 1.54) is 6.07 Å². The van der Waals surface area contributed by atoms with Crippen LogP contribution in [0.3, 0.4) is 0 Å². The summed E-state index contributed by atoms with van der Waals surface area (Å²) < 4.78 is 0. The molecule has 0 heterocycles. The number of nitrogens with two attached hydrogens (primary N) is 1. The van der Waals surface area contributed by atoms with Crippen molar-refractivity contribution in [3.63, 3.8) is 0 Å². The molecule has 0 amide bonds. The molecular weight excluding hydrogens is 180 g/mol. The highest BCUT2D eigenvalue weighted by atomic mass is 16.6. The summed E-state index contributed by atoms with van der Waals surface area (Å²) in [6.45, 7) is 0. The molecule has 0 unspecified atom stereocenters. The highest BCUT2D eigenvalue weighted by Gasteiger charge is 2.39. The molecule has 1 saturated carbocycles. The molecule has 0 aromatic heterocycles. The van der Waals surface area contributed by atoms with Crippen LogP contribution in [0.5, 0.6) is 0 Å². The van der Waals surface area contributed by atoms with Gasteiger partial charge in [0.15, 0.2) is 0 Å². The second kappa shape index (κ2) is 3.06. The minimum Gasteiger partial charge on any atom is -0.325 e. The highest BCUT2D eigenvalue weighted by Crippen LogP contribution is 2.37. The molecule has 0 aliphatic heterocycles. The first kappa shape index (κ1) is 9.15. The van der Waals surface area contributed by atoms with E-state index in [1.807, 2.05) is 6.07 Å². The van der Waals surface area contributed by atoms with Crippen LogP contribution in [0.25, 0.3) is 0 Å². The third-order valence-electron chi connectivity index (χ3n) is 2.62. The largest absolute Gasteiger partial charge is 0.325 e. The van der Waals surface area contributed by atoms with Crippen molar-refractivity contribution < 1.29 is 4.92 Å². The first-order valence-electron chi connectivity index (χ1n) is 4.62. The average Bonchev–Trinajstić information content (AvgIpc) is 2.84. The van der Waals surface area contributed by atoms with Gasteiger partial charge in [0.2, 0.25) is 0 Å². The van der Waals surface area contributed by atoms with Crippen molar-refractivity contribution in [2.45, 2.75) is 24.8 Å². The third-order valence-corrected chi connectivity index (χ3v) is 2.62. The Kier molecular flexibility index (Phi) is 2.00. The monoisotopic (exact) mass is 192 g/mol. The second-order valence-electron chi connectivity index (χ2n) is 3.92. The summed E-state index contributed by atoms with van der Waals surface area (Å²) >= 11 is 0. The predicted molar refractivity (Wildman–Crippen MR) is 53.0 cm³/mol. The van der Waals surface area contributed by atoms with Crippen molar-refractivity contribution in [2.24, 2.45) is 5.73 Å². The molecule has 1 aliphatic rings. The molecule has 1 fully saturated rings. The number of hydrogen-bond donors (Lipinski definition) is 1. The Morgan fingerprint density at radius 1 is 1.43 bits per heavy atom. The molecule has 1 aromatic rings. The lowest BCUT2D eigenvalue weighted by Crippen LogP contribution is -2.24. The number of rotatable bonds is 3. The molecule has 0 spiro atoms. The van der Waals surface area contributed by atoms with Gasteiger partial charge in [-0.3, -0.25) is 10.1 Å². The van der Waals surface area contributed by atoms with E-state index in [-0.39, 0.29) is 16.1 Å². The van der Waals surface area contributed by atoms with Gasteiger partial charge in [0, 0.05) is 17.2 Å². The Morgan fingerprint density at radius 2 is 2.07 bits per heavy atom. The Hall–Kier alpha value is -1.42. The van der Waals surface area contributed by atoms with E-state index in [0.717, 1.165) is 18.4 Å². The summed E-state index contributed by atoms with van der Waals surface area (Å²) in [5.41, 5.74) is 6.68. The maximum atomic E-state index is 10.7. The molecule has 0 bridgehead atoms. The van der Waals surface area contributed by atoms with Gasteiger partial charge in [0.25, 0.3) is 5.69 Å². The molecule has 4 nitrogen and oxygen atoms in total. The molecule has 0 atom stereocenters. The molecule has 0 radical (unpaired) electrons. The average molecular weight is 192 g/mol. The van der Waals surface area contributed by atoms with E-state index in [0.29, 0.717) is 6.42 Å². The third kappa shape index (κ3) is 1.75. The SMILES string of the molecule is NC1(Cc2ccccc2[N+](=O)[O-])CC1. The van der Waals surface area contributed by atoms with Gasteiger partial charge in [-0.1, -0.05) is 18.2 Å². The Labute approximate surface area is 81.9 Å². The fraction of sp³-hybridized carbons (Fsp3) is 0.400. The van der Waals surface area contributed by atoms with Crippen molar-refractivity contribution in [2.75, 3.05) is 0 Å². The molecule has 74 valence electrons. The van der Waals surface area contributed by atoms with Gasteiger partial charge in [-0.05, 0) is 19.3 Å². The van der Waals surface area contributed by atoms with E-state index < -0.39 is 0 Å². The standard InChI is InChI=1S/C10H12N2O2/c11-10(5-6-10)7-8-3-1-2-4-9(8)12(13)14/h1-4H,5-7,11H2. The number of nitro groups is 1. The van der Waals surface area contributed by atoms with E-state index >= 15 is 0 Å². The van der Waals surface area contributed by atoms with Gasteiger partial charge in [-0.15, -0.1) is 0 Å². The molecule has 1 aliphatic carbocycles. The fourth-order valence-electron chi connectivity index (χ4n) is 1.56. The zero-order valence-electron chi connectivity index (χ0n) is 7.77. The van der Waals surface area contributed by atoms with Gasteiger partial charge in [-0.25, -0.2) is 0 Å². The second-order valence-corrected chi connectivity index (χ2v) is 3.92. The van der Waals surface area contributed by atoms with Gasteiger partial charge >= 0.3 is 0 Å². The molecule has 0 saturated heterocycles. The van der Waals surface area contributed by atoms with Crippen LogP contribution >= 0.6 is 0 Å². The molecule has 4 heteroatoms. The van der Waals surface area contributed by atoms with Gasteiger partial charge in [0.1, 0.15) is 0 Å². The molecule has 1 aromatic carbocycles. The highest BCUT2D eigenvalue weighted by molar-refractivity contribution is 5.41. The maximum absolute atomic E-state index is 10.7. The minimum absolute atomic E-state index is 0.174. The lowest BCUT2D eigenvalue weighted by atomic mass is 10.0. The van der Waals surface area contributed by atoms with Crippen molar-refractivity contribution in [3.05, 3.63) is 39.9 Å². The van der Waals surface area contributed by atoms with Crippen LogP contribution in [0.15, 0.2) is 24.3 Å².